The quantitative estimate of drug-likeness (QED) is 0.783. The number of pyridine rings is 1. The number of nitrogens with zero attached hydrogens (tertiary/aromatic N) is 3. The number of piperidine rings is 1. The normalized spacial score (nSPS) is 20.8. The summed E-state index contributed by atoms with van der Waals surface area (Å²) in [5.41, 5.74) is 10.5. The van der Waals surface area contributed by atoms with Crippen LogP contribution >= 0.6 is 0 Å². The van der Waals surface area contributed by atoms with Crippen molar-refractivity contribution in [1.29, 1.82) is 0 Å². The summed E-state index contributed by atoms with van der Waals surface area (Å²) < 4.78 is 1.87. The minimum Gasteiger partial charge on any atom is -0.337 e. The predicted molar refractivity (Wildman–Crippen MR) is 97.6 cm³/mol. The highest BCUT2D eigenvalue weighted by atomic mass is 16.2. The molecule has 3 aromatic rings. The Bertz CT molecular complexity index is 917. The van der Waals surface area contributed by atoms with Gasteiger partial charge in [-0.15, -0.1) is 0 Å². The second kappa shape index (κ2) is 6.33. The van der Waals surface area contributed by atoms with E-state index in [0.717, 1.165) is 18.5 Å². The number of rotatable bonds is 2. The summed E-state index contributed by atoms with van der Waals surface area (Å²) in [6, 6.07) is 12.2. The molecule has 0 spiro atoms. The molecule has 1 aliphatic heterocycles. The van der Waals surface area contributed by atoms with Crippen LogP contribution in [0.2, 0.25) is 0 Å². The number of aryl methyl sites for hydroxylation is 1. The Labute approximate surface area is 147 Å². The third kappa shape index (κ3) is 2.91. The summed E-state index contributed by atoms with van der Waals surface area (Å²) in [6.07, 6.45) is 6.22. The predicted octanol–water partition coefficient (Wildman–Crippen LogP) is 2.60. The molecule has 5 heteroatoms. The molecule has 4 rings (SSSR count). The lowest BCUT2D eigenvalue weighted by Crippen LogP contribution is -2.49. The van der Waals surface area contributed by atoms with Crippen LogP contribution in [0.15, 0.2) is 55.1 Å². The standard InChI is InChI=1S/C20H22N4O/c1-14-4-2-5-15(10-14)16-7-9-23(12-18(16)21)20(25)17-6-3-8-24-13-22-11-19(17)24/h2-6,8,10-11,13,16,18H,7,9,12,21H2,1H3/t16-,18+/m0/s1. The molecule has 2 N–H and O–H groups in total. The van der Waals surface area contributed by atoms with Gasteiger partial charge in [-0.25, -0.2) is 4.98 Å². The highest BCUT2D eigenvalue weighted by Gasteiger charge is 2.31. The molecular weight excluding hydrogens is 312 g/mol. The van der Waals surface area contributed by atoms with Crippen molar-refractivity contribution >= 4 is 11.4 Å². The van der Waals surface area contributed by atoms with E-state index in [1.165, 1.54) is 11.1 Å². The van der Waals surface area contributed by atoms with E-state index in [2.05, 4.69) is 36.2 Å². The Morgan fingerprint density at radius 3 is 2.96 bits per heavy atom. The van der Waals surface area contributed by atoms with Crippen molar-refractivity contribution < 1.29 is 4.79 Å². The van der Waals surface area contributed by atoms with Crippen molar-refractivity contribution in [1.82, 2.24) is 14.3 Å². The maximum atomic E-state index is 13.0. The van der Waals surface area contributed by atoms with E-state index in [1.807, 2.05) is 27.6 Å². The lowest BCUT2D eigenvalue weighted by atomic mass is 9.85. The van der Waals surface area contributed by atoms with Gasteiger partial charge in [0.2, 0.25) is 0 Å². The van der Waals surface area contributed by atoms with E-state index in [1.54, 1.807) is 12.5 Å². The largest absolute Gasteiger partial charge is 0.337 e. The number of hydrogen-bond donors (Lipinski definition) is 1. The zero-order valence-corrected chi connectivity index (χ0v) is 14.3. The molecule has 1 aromatic carbocycles. The van der Waals surface area contributed by atoms with Crippen LogP contribution < -0.4 is 5.73 Å². The Kier molecular flexibility index (Phi) is 4.01. The van der Waals surface area contributed by atoms with Crippen LogP contribution in [0.4, 0.5) is 0 Å². The van der Waals surface area contributed by atoms with Crippen LogP contribution in [0.5, 0.6) is 0 Å². The van der Waals surface area contributed by atoms with Crippen LogP contribution in [-0.2, 0) is 0 Å². The summed E-state index contributed by atoms with van der Waals surface area (Å²) in [5.74, 6) is 0.332. The van der Waals surface area contributed by atoms with Gasteiger partial charge in [-0.1, -0.05) is 29.8 Å². The summed E-state index contributed by atoms with van der Waals surface area (Å²) in [6.45, 7) is 3.40. The highest BCUT2D eigenvalue weighted by Crippen LogP contribution is 2.29. The minimum absolute atomic E-state index is 0.0317. The van der Waals surface area contributed by atoms with Crippen molar-refractivity contribution in [2.45, 2.75) is 25.3 Å². The van der Waals surface area contributed by atoms with Gasteiger partial charge in [-0.05, 0) is 31.0 Å². The minimum atomic E-state index is -0.0517. The Balaban J connectivity index is 1.54. The average molecular weight is 334 g/mol. The van der Waals surface area contributed by atoms with Gasteiger partial charge < -0.3 is 15.0 Å². The lowest BCUT2D eigenvalue weighted by molar-refractivity contribution is 0.0695. The maximum Gasteiger partial charge on any atom is 0.256 e. The molecule has 0 bridgehead atoms. The Hall–Kier alpha value is -2.66. The number of aromatic nitrogens is 2. The van der Waals surface area contributed by atoms with E-state index in [4.69, 9.17) is 5.73 Å². The Morgan fingerprint density at radius 1 is 1.28 bits per heavy atom. The third-order valence-corrected chi connectivity index (χ3v) is 5.10. The van der Waals surface area contributed by atoms with Crippen LogP contribution in [0, 0.1) is 6.92 Å². The van der Waals surface area contributed by atoms with Crippen LogP contribution in [0.25, 0.3) is 5.52 Å². The lowest BCUT2D eigenvalue weighted by Gasteiger charge is -2.37. The highest BCUT2D eigenvalue weighted by molar-refractivity contribution is 6.00. The molecule has 2 atom stereocenters. The van der Waals surface area contributed by atoms with Crippen molar-refractivity contribution in [2.75, 3.05) is 13.1 Å². The second-order valence-corrected chi connectivity index (χ2v) is 6.83. The molecule has 3 heterocycles. The monoisotopic (exact) mass is 334 g/mol. The zero-order chi connectivity index (χ0) is 17.4. The fraction of sp³-hybridized carbons (Fsp3) is 0.300. The van der Waals surface area contributed by atoms with Crippen molar-refractivity contribution in [3.8, 4) is 0 Å². The van der Waals surface area contributed by atoms with Gasteiger partial charge in [-0.2, -0.15) is 0 Å². The van der Waals surface area contributed by atoms with E-state index in [9.17, 15) is 4.79 Å². The first-order chi connectivity index (χ1) is 12.1. The number of likely N-dealkylation sites (tertiary alicyclic amines) is 1. The third-order valence-electron chi connectivity index (χ3n) is 5.10. The fourth-order valence-electron chi connectivity index (χ4n) is 3.78. The van der Waals surface area contributed by atoms with Crippen LogP contribution in [0.3, 0.4) is 0 Å². The van der Waals surface area contributed by atoms with E-state index < -0.39 is 0 Å². The summed E-state index contributed by atoms with van der Waals surface area (Å²) >= 11 is 0. The fourth-order valence-corrected chi connectivity index (χ4v) is 3.78. The number of benzene rings is 1. The number of carbonyl (C=O) groups is 1. The molecule has 0 unspecified atom stereocenters. The molecule has 0 aliphatic carbocycles. The first-order valence-corrected chi connectivity index (χ1v) is 8.65. The van der Waals surface area contributed by atoms with Crippen LogP contribution in [-0.4, -0.2) is 39.3 Å². The van der Waals surface area contributed by atoms with Gasteiger partial charge in [-0.3, -0.25) is 4.79 Å². The van der Waals surface area contributed by atoms with Crippen molar-refractivity contribution in [2.24, 2.45) is 5.73 Å². The number of hydrogen-bond acceptors (Lipinski definition) is 3. The van der Waals surface area contributed by atoms with E-state index in [0.29, 0.717) is 18.0 Å². The molecule has 1 saturated heterocycles. The molecule has 25 heavy (non-hydrogen) atoms. The first-order valence-electron chi connectivity index (χ1n) is 8.65. The molecular formula is C20H22N4O. The molecule has 2 aromatic heterocycles. The number of fused-ring (bicyclic) bond motifs is 1. The van der Waals surface area contributed by atoms with Gasteiger partial charge in [0.25, 0.3) is 5.91 Å². The van der Waals surface area contributed by atoms with Gasteiger partial charge in [0.1, 0.15) is 0 Å². The summed E-state index contributed by atoms with van der Waals surface area (Å²) in [7, 11) is 0. The molecule has 1 amide bonds. The second-order valence-electron chi connectivity index (χ2n) is 6.83. The molecule has 1 aliphatic rings. The maximum absolute atomic E-state index is 13.0. The van der Waals surface area contributed by atoms with Gasteiger partial charge in [0, 0.05) is 31.2 Å². The van der Waals surface area contributed by atoms with E-state index in [-0.39, 0.29) is 11.9 Å². The van der Waals surface area contributed by atoms with Gasteiger partial charge >= 0.3 is 0 Å². The zero-order valence-electron chi connectivity index (χ0n) is 14.3. The smallest absolute Gasteiger partial charge is 0.256 e. The van der Waals surface area contributed by atoms with Gasteiger partial charge in [0.05, 0.1) is 23.6 Å². The van der Waals surface area contributed by atoms with Crippen LogP contribution in [0.1, 0.15) is 33.8 Å². The average Bonchev–Trinajstić information content (AvgIpc) is 3.09. The SMILES string of the molecule is Cc1cccc([C@@H]2CCN(C(=O)c3cccn4cncc34)C[C@H]2N)c1. The summed E-state index contributed by atoms with van der Waals surface area (Å²) in [4.78, 5) is 19.0. The molecule has 1 fully saturated rings. The van der Waals surface area contributed by atoms with Crippen molar-refractivity contribution in [3.63, 3.8) is 0 Å². The number of amides is 1. The molecule has 0 saturated carbocycles. The van der Waals surface area contributed by atoms with Gasteiger partial charge in [0.15, 0.2) is 0 Å². The van der Waals surface area contributed by atoms with Crippen molar-refractivity contribution in [3.05, 3.63) is 71.8 Å². The Morgan fingerprint density at radius 2 is 2.16 bits per heavy atom. The molecule has 5 nitrogen and oxygen atoms in total. The summed E-state index contributed by atoms with van der Waals surface area (Å²) in [5, 5.41) is 0. The number of imidazole rings is 1. The van der Waals surface area contributed by atoms with E-state index >= 15 is 0 Å². The molecule has 0 radical (unpaired) electrons. The topological polar surface area (TPSA) is 63.6 Å². The molecule has 128 valence electrons. The number of carbonyl (C=O) groups excluding carboxylic acids is 1. The number of nitrogens with two attached hydrogens (primary N) is 1. The first kappa shape index (κ1) is 15.8.